The second-order valence-electron chi connectivity index (χ2n) is 4.23. The van der Waals surface area contributed by atoms with Crippen molar-refractivity contribution < 1.29 is 23.1 Å². The minimum Gasteiger partial charge on any atom is -0.457 e. The van der Waals surface area contributed by atoms with Crippen LogP contribution in [-0.4, -0.2) is 11.9 Å². The van der Waals surface area contributed by atoms with Gasteiger partial charge in [-0.05, 0) is 29.8 Å². The van der Waals surface area contributed by atoms with E-state index < -0.39 is 29.1 Å². The lowest BCUT2D eigenvalue weighted by atomic mass is 10.1. The predicted octanol–water partition coefficient (Wildman–Crippen LogP) is 2.42. The summed E-state index contributed by atoms with van der Waals surface area (Å²) in [4.78, 5) is 22.6. The smallest absolute Gasteiger partial charge is 0.344 e. The zero-order valence-electron chi connectivity index (χ0n) is 10.8. The highest BCUT2D eigenvalue weighted by Gasteiger charge is 2.18. The lowest BCUT2D eigenvalue weighted by molar-refractivity contribution is 0.0461. The Labute approximate surface area is 119 Å². The average Bonchev–Trinajstić information content (AvgIpc) is 2.45. The summed E-state index contributed by atoms with van der Waals surface area (Å²) in [5, 5.41) is 0. The number of benzene rings is 2. The number of halogens is 2. The van der Waals surface area contributed by atoms with Crippen LogP contribution < -0.4 is 5.73 Å². The summed E-state index contributed by atoms with van der Waals surface area (Å²) in [6.07, 6.45) is 0. The molecule has 0 aromatic heterocycles. The Balaban J connectivity index is 2.06. The number of primary amides is 1. The molecule has 0 spiro atoms. The van der Waals surface area contributed by atoms with Crippen LogP contribution in [-0.2, 0) is 11.3 Å². The molecule has 0 unspecified atom stereocenters. The fraction of sp³-hybridized carbons (Fsp3) is 0.0667. The number of nitrogens with two attached hydrogens (primary N) is 1. The molecule has 0 radical (unpaired) electrons. The Kier molecular flexibility index (Phi) is 4.27. The molecule has 2 N–H and O–H groups in total. The van der Waals surface area contributed by atoms with Gasteiger partial charge in [0.25, 0.3) is 0 Å². The van der Waals surface area contributed by atoms with Crippen LogP contribution in [0.25, 0.3) is 0 Å². The Morgan fingerprint density at radius 1 is 1.00 bits per heavy atom. The van der Waals surface area contributed by atoms with E-state index in [1.165, 1.54) is 24.3 Å². The van der Waals surface area contributed by atoms with Crippen molar-refractivity contribution in [3.05, 3.63) is 70.8 Å². The molecule has 0 aliphatic rings. The number of hydrogen-bond donors (Lipinski definition) is 1. The largest absolute Gasteiger partial charge is 0.457 e. The summed E-state index contributed by atoms with van der Waals surface area (Å²) in [6, 6.07) is 9.10. The lowest BCUT2D eigenvalue weighted by Gasteiger charge is -2.07. The first-order valence-corrected chi connectivity index (χ1v) is 5.99. The number of carbonyl (C=O) groups is 2. The van der Waals surface area contributed by atoms with Crippen molar-refractivity contribution in [3.8, 4) is 0 Å². The first kappa shape index (κ1) is 14.6. The van der Waals surface area contributed by atoms with Gasteiger partial charge in [0.05, 0.1) is 0 Å². The fourth-order valence-corrected chi connectivity index (χ4v) is 1.68. The number of carbonyl (C=O) groups excluding carboxylic acids is 2. The normalized spacial score (nSPS) is 10.2. The van der Waals surface area contributed by atoms with Crippen molar-refractivity contribution in [1.29, 1.82) is 0 Å². The topological polar surface area (TPSA) is 69.4 Å². The predicted molar refractivity (Wildman–Crippen MR) is 70.4 cm³/mol. The highest BCUT2D eigenvalue weighted by atomic mass is 19.1. The van der Waals surface area contributed by atoms with Crippen molar-refractivity contribution in [2.75, 3.05) is 0 Å². The van der Waals surface area contributed by atoms with E-state index in [1.54, 1.807) is 0 Å². The van der Waals surface area contributed by atoms with Crippen LogP contribution in [0.5, 0.6) is 0 Å². The lowest BCUT2D eigenvalue weighted by Crippen LogP contribution is -2.11. The molecular weight excluding hydrogens is 280 g/mol. The summed E-state index contributed by atoms with van der Waals surface area (Å²) in [6.45, 7) is -0.175. The van der Waals surface area contributed by atoms with E-state index in [1.807, 2.05) is 0 Å². The molecule has 0 aliphatic carbocycles. The molecule has 2 aromatic rings. The van der Waals surface area contributed by atoms with E-state index in [2.05, 4.69) is 0 Å². The van der Waals surface area contributed by atoms with Gasteiger partial charge in [0.1, 0.15) is 23.8 Å². The van der Waals surface area contributed by atoms with E-state index in [0.717, 1.165) is 18.2 Å². The third kappa shape index (κ3) is 3.42. The monoisotopic (exact) mass is 291 g/mol. The van der Waals surface area contributed by atoms with Crippen LogP contribution in [0.4, 0.5) is 8.78 Å². The zero-order valence-corrected chi connectivity index (χ0v) is 10.8. The second kappa shape index (κ2) is 6.13. The molecule has 4 nitrogen and oxygen atoms in total. The van der Waals surface area contributed by atoms with Crippen molar-refractivity contribution >= 4 is 11.9 Å². The molecule has 108 valence electrons. The van der Waals surface area contributed by atoms with Gasteiger partial charge in [-0.1, -0.05) is 18.2 Å². The molecule has 0 heterocycles. The molecule has 0 aliphatic heterocycles. The van der Waals surface area contributed by atoms with E-state index in [0.29, 0.717) is 11.1 Å². The van der Waals surface area contributed by atoms with Crippen LogP contribution in [0.1, 0.15) is 26.3 Å². The minimum atomic E-state index is -1.09. The van der Waals surface area contributed by atoms with Gasteiger partial charge in [0.2, 0.25) is 5.91 Å². The van der Waals surface area contributed by atoms with Gasteiger partial charge in [-0.3, -0.25) is 4.79 Å². The SMILES string of the molecule is NC(=O)c1ccc(COC(=O)c2c(F)cccc2F)cc1. The molecule has 2 rings (SSSR count). The van der Waals surface area contributed by atoms with E-state index >= 15 is 0 Å². The number of esters is 1. The fourth-order valence-electron chi connectivity index (χ4n) is 1.68. The molecule has 2 aromatic carbocycles. The van der Waals surface area contributed by atoms with Crippen LogP contribution in [0.2, 0.25) is 0 Å². The quantitative estimate of drug-likeness (QED) is 0.879. The highest BCUT2D eigenvalue weighted by molar-refractivity contribution is 5.92. The molecule has 0 fully saturated rings. The second-order valence-corrected chi connectivity index (χ2v) is 4.23. The Morgan fingerprint density at radius 2 is 1.57 bits per heavy atom. The van der Waals surface area contributed by atoms with Crippen molar-refractivity contribution in [3.63, 3.8) is 0 Å². The van der Waals surface area contributed by atoms with Crippen LogP contribution in [0, 0.1) is 11.6 Å². The first-order valence-electron chi connectivity index (χ1n) is 5.99. The maximum absolute atomic E-state index is 13.4. The Bertz CT molecular complexity index is 664. The van der Waals surface area contributed by atoms with Crippen LogP contribution in [0.3, 0.4) is 0 Å². The van der Waals surface area contributed by atoms with E-state index in [-0.39, 0.29) is 6.61 Å². The standard InChI is InChI=1S/C15H11F2NO3/c16-11-2-1-3-12(17)13(11)15(20)21-8-9-4-6-10(7-5-9)14(18)19/h1-7H,8H2,(H2,18,19). The summed E-state index contributed by atoms with van der Waals surface area (Å²) in [5.74, 6) is -3.63. The molecule has 0 saturated carbocycles. The third-order valence-corrected chi connectivity index (χ3v) is 2.78. The number of ether oxygens (including phenoxy) is 1. The molecule has 21 heavy (non-hydrogen) atoms. The van der Waals surface area contributed by atoms with Gasteiger partial charge in [0, 0.05) is 5.56 Å². The molecule has 1 amide bonds. The summed E-state index contributed by atoms with van der Waals surface area (Å²) < 4.78 is 31.6. The molecule has 0 atom stereocenters. The Hall–Kier alpha value is -2.76. The van der Waals surface area contributed by atoms with Gasteiger partial charge in [0.15, 0.2) is 0 Å². The maximum atomic E-state index is 13.4. The minimum absolute atomic E-state index is 0.175. The van der Waals surface area contributed by atoms with Gasteiger partial charge in [-0.2, -0.15) is 0 Å². The van der Waals surface area contributed by atoms with Gasteiger partial charge in [-0.25, -0.2) is 13.6 Å². The van der Waals surface area contributed by atoms with Crippen molar-refractivity contribution in [2.45, 2.75) is 6.61 Å². The highest BCUT2D eigenvalue weighted by Crippen LogP contribution is 2.14. The number of hydrogen-bond acceptors (Lipinski definition) is 3. The van der Waals surface area contributed by atoms with E-state index in [4.69, 9.17) is 10.5 Å². The molecule has 0 saturated heterocycles. The van der Waals surface area contributed by atoms with Gasteiger partial charge >= 0.3 is 5.97 Å². The summed E-state index contributed by atoms with van der Waals surface area (Å²) in [5.41, 5.74) is 5.23. The third-order valence-electron chi connectivity index (χ3n) is 2.78. The van der Waals surface area contributed by atoms with E-state index in [9.17, 15) is 18.4 Å². The molecular formula is C15H11F2NO3. The van der Waals surface area contributed by atoms with Gasteiger partial charge in [-0.15, -0.1) is 0 Å². The van der Waals surface area contributed by atoms with Gasteiger partial charge < -0.3 is 10.5 Å². The maximum Gasteiger partial charge on any atom is 0.344 e. The number of amides is 1. The summed E-state index contributed by atoms with van der Waals surface area (Å²) >= 11 is 0. The molecule has 6 heteroatoms. The summed E-state index contributed by atoms with van der Waals surface area (Å²) in [7, 11) is 0. The first-order chi connectivity index (χ1) is 9.99. The van der Waals surface area contributed by atoms with Crippen LogP contribution in [0.15, 0.2) is 42.5 Å². The zero-order chi connectivity index (χ0) is 15.4. The Morgan fingerprint density at radius 3 is 2.10 bits per heavy atom. The van der Waals surface area contributed by atoms with Crippen molar-refractivity contribution in [1.82, 2.24) is 0 Å². The number of rotatable bonds is 4. The molecule has 0 bridgehead atoms. The average molecular weight is 291 g/mol. The van der Waals surface area contributed by atoms with Crippen molar-refractivity contribution in [2.24, 2.45) is 5.73 Å². The van der Waals surface area contributed by atoms with Crippen LogP contribution >= 0.6 is 0 Å².